The minimum Gasteiger partial charge on any atom is -0.265 e. The molecule has 92 valence electrons. The van der Waals surface area contributed by atoms with Crippen LogP contribution in [0.1, 0.15) is 31.7 Å². The van der Waals surface area contributed by atoms with Gasteiger partial charge in [-0.05, 0) is 37.2 Å². The van der Waals surface area contributed by atoms with E-state index in [2.05, 4.69) is 31.2 Å². The summed E-state index contributed by atoms with van der Waals surface area (Å²) in [4.78, 5) is 10.5. The minimum atomic E-state index is -0.151. The molecule has 0 bridgehead atoms. The molecule has 3 heteroatoms. The largest absolute Gasteiger partial charge is 0.265 e. The molecular formula is C14H19NO2. The molecule has 0 aliphatic heterocycles. The maximum atomic E-state index is 10.6. The zero-order chi connectivity index (χ0) is 12.3. The van der Waals surface area contributed by atoms with Crippen molar-refractivity contribution in [1.29, 1.82) is 0 Å². The Bertz CT molecular complexity index is 382. The minimum absolute atomic E-state index is 0.0110. The van der Waals surface area contributed by atoms with E-state index in [1.165, 1.54) is 5.56 Å². The first-order valence-electron chi connectivity index (χ1n) is 6.29. The molecule has 0 atom stereocenters. The van der Waals surface area contributed by atoms with Crippen LogP contribution in [0.3, 0.4) is 0 Å². The third kappa shape index (κ3) is 2.84. The molecule has 0 spiro atoms. The Morgan fingerprint density at radius 2 is 2.00 bits per heavy atom. The summed E-state index contributed by atoms with van der Waals surface area (Å²) in [6, 6.07) is 10.4. The van der Waals surface area contributed by atoms with Gasteiger partial charge in [-0.1, -0.05) is 37.3 Å². The Balaban J connectivity index is 1.87. The average molecular weight is 233 g/mol. The molecule has 1 saturated carbocycles. The van der Waals surface area contributed by atoms with Crippen molar-refractivity contribution in [2.24, 2.45) is 11.3 Å². The molecule has 1 aliphatic carbocycles. The van der Waals surface area contributed by atoms with Gasteiger partial charge in [-0.3, -0.25) is 10.1 Å². The molecule has 2 rings (SSSR count). The maximum Gasteiger partial charge on any atom is 0.209 e. The van der Waals surface area contributed by atoms with Crippen LogP contribution in [0.25, 0.3) is 0 Å². The van der Waals surface area contributed by atoms with Crippen LogP contribution >= 0.6 is 0 Å². The molecule has 1 aromatic carbocycles. The third-order valence-corrected chi connectivity index (χ3v) is 4.03. The van der Waals surface area contributed by atoms with E-state index in [0.717, 1.165) is 25.7 Å². The van der Waals surface area contributed by atoms with E-state index in [9.17, 15) is 10.1 Å². The van der Waals surface area contributed by atoms with Crippen molar-refractivity contribution in [3.8, 4) is 0 Å². The monoisotopic (exact) mass is 233 g/mol. The van der Waals surface area contributed by atoms with Gasteiger partial charge in [0.05, 0.1) is 0 Å². The predicted octanol–water partition coefficient (Wildman–Crippen LogP) is 3.31. The Kier molecular flexibility index (Phi) is 3.46. The Labute approximate surface area is 102 Å². The molecule has 0 radical (unpaired) electrons. The summed E-state index contributed by atoms with van der Waals surface area (Å²) < 4.78 is 0. The molecule has 0 saturated heterocycles. The summed E-state index contributed by atoms with van der Waals surface area (Å²) >= 11 is 0. The predicted molar refractivity (Wildman–Crippen MR) is 67.5 cm³/mol. The SMILES string of the molecule is CCC1(C[N+](=O)[O-])CC(Cc2ccccc2)C1. The first-order valence-corrected chi connectivity index (χ1v) is 6.29. The summed E-state index contributed by atoms with van der Waals surface area (Å²) in [7, 11) is 0. The smallest absolute Gasteiger partial charge is 0.209 e. The molecule has 0 heterocycles. The van der Waals surface area contributed by atoms with Crippen LogP contribution < -0.4 is 0 Å². The van der Waals surface area contributed by atoms with Crippen molar-refractivity contribution >= 4 is 0 Å². The normalized spacial score (nSPS) is 27.5. The van der Waals surface area contributed by atoms with Crippen molar-refractivity contribution in [3.05, 3.63) is 46.0 Å². The highest BCUT2D eigenvalue weighted by atomic mass is 16.6. The lowest BCUT2D eigenvalue weighted by molar-refractivity contribution is -0.503. The number of nitro groups is 1. The topological polar surface area (TPSA) is 43.1 Å². The van der Waals surface area contributed by atoms with E-state index in [0.29, 0.717) is 5.92 Å². The highest BCUT2D eigenvalue weighted by Gasteiger charge is 2.46. The van der Waals surface area contributed by atoms with Gasteiger partial charge in [0, 0.05) is 10.3 Å². The fraction of sp³-hybridized carbons (Fsp3) is 0.571. The van der Waals surface area contributed by atoms with Gasteiger partial charge >= 0.3 is 0 Å². The second kappa shape index (κ2) is 4.86. The van der Waals surface area contributed by atoms with Gasteiger partial charge in [-0.15, -0.1) is 0 Å². The van der Waals surface area contributed by atoms with E-state index < -0.39 is 0 Å². The van der Waals surface area contributed by atoms with Crippen LogP contribution in [0.15, 0.2) is 30.3 Å². The lowest BCUT2D eigenvalue weighted by Crippen LogP contribution is -2.43. The Morgan fingerprint density at radius 1 is 1.35 bits per heavy atom. The Hall–Kier alpha value is -1.38. The number of benzene rings is 1. The van der Waals surface area contributed by atoms with Crippen LogP contribution in [0.2, 0.25) is 0 Å². The second-order valence-electron chi connectivity index (χ2n) is 5.31. The quantitative estimate of drug-likeness (QED) is 0.578. The van der Waals surface area contributed by atoms with Crippen molar-refractivity contribution in [2.45, 2.75) is 32.6 Å². The zero-order valence-electron chi connectivity index (χ0n) is 10.3. The van der Waals surface area contributed by atoms with E-state index in [1.54, 1.807) is 0 Å². The van der Waals surface area contributed by atoms with Gasteiger partial charge in [0.25, 0.3) is 0 Å². The lowest BCUT2D eigenvalue weighted by atomic mass is 9.59. The summed E-state index contributed by atoms with van der Waals surface area (Å²) in [5.74, 6) is 0.636. The molecule has 0 aromatic heterocycles. The maximum absolute atomic E-state index is 10.6. The number of hydrogen-bond donors (Lipinski definition) is 0. The van der Waals surface area contributed by atoms with Crippen LogP contribution in [-0.4, -0.2) is 11.5 Å². The van der Waals surface area contributed by atoms with Crippen molar-refractivity contribution in [2.75, 3.05) is 6.54 Å². The second-order valence-corrected chi connectivity index (χ2v) is 5.31. The molecule has 1 aromatic rings. The van der Waals surface area contributed by atoms with Gasteiger partial charge in [0.15, 0.2) is 0 Å². The lowest BCUT2D eigenvalue weighted by Gasteiger charge is -2.44. The average Bonchev–Trinajstić information content (AvgIpc) is 2.26. The standard InChI is InChI=1S/C14H19NO2/c1-2-14(11-15(16)17)9-13(10-14)8-12-6-4-3-5-7-12/h3-7,13H,2,8-11H2,1H3. The van der Waals surface area contributed by atoms with Crippen molar-refractivity contribution in [3.63, 3.8) is 0 Å². The summed E-state index contributed by atoms with van der Waals surface area (Å²) in [6.07, 6.45) is 4.03. The third-order valence-electron chi connectivity index (χ3n) is 4.03. The molecule has 17 heavy (non-hydrogen) atoms. The van der Waals surface area contributed by atoms with Crippen molar-refractivity contribution in [1.82, 2.24) is 0 Å². The van der Waals surface area contributed by atoms with Crippen LogP contribution in [-0.2, 0) is 6.42 Å². The fourth-order valence-corrected chi connectivity index (χ4v) is 3.06. The summed E-state index contributed by atoms with van der Waals surface area (Å²) in [5.41, 5.74) is 1.34. The van der Waals surface area contributed by atoms with Gasteiger partial charge < -0.3 is 0 Å². The van der Waals surface area contributed by atoms with E-state index >= 15 is 0 Å². The van der Waals surface area contributed by atoms with E-state index in [-0.39, 0.29) is 16.9 Å². The first kappa shape index (κ1) is 12.1. The zero-order valence-corrected chi connectivity index (χ0v) is 10.3. The van der Waals surface area contributed by atoms with E-state index in [4.69, 9.17) is 0 Å². The Morgan fingerprint density at radius 3 is 2.53 bits per heavy atom. The van der Waals surface area contributed by atoms with Crippen LogP contribution in [0.5, 0.6) is 0 Å². The summed E-state index contributed by atoms with van der Waals surface area (Å²) in [6.45, 7) is 2.22. The van der Waals surface area contributed by atoms with Gasteiger partial charge in [-0.25, -0.2) is 0 Å². The molecule has 0 N–H and O–H groups in total. The molecule has 0 unspecified atom stereocenters. The summed E-state index contributed by atoms with van der Waals surface area (Å²) in [5, 5.41) is 10.6. The molecule has 1 aliphatic rings. The number of rotatable bonds is 5. The highest BCUT2D eigenvalue weighted by molar-refractivity contribution is 5.16. The van der Waals surface area contributed by atoms with Gasteiger partial charge in [0.1, 0.15) is 0 Å². The number of nitrogens with zero attached hydrogens (tertiary/aromatic N) is 1. The van der Waals surface area contributed by atoms with Gasteiger partial charge in [-0.2, -0.15) is 0 Å². The molecular weight excluding hydrogens is 214 g/mol. The molecule has 1 fully saturated rings. The molecule has 0 amide bonds. The fourth-order valence-electron chi connectivity index (χ4n) is 3.06. The van der Waals surface area contributed by atoms with Crippen molar-refractivity contribution < 1.29 is 4.92 Å². The van der Waals surface area contributed by atoms with Crippen LogP contribution in [0.4, 0.5) is 0 Å². The van der Waals surface area contributed by atoms with E-state index in [1.807, 2.05) is 6.07 Å². The number of hydrogen-bond acceptors (Lipinski definition) is 2. The van der Waals surface area contributed by atoms with Crippen LogP contribution in [0, 0.1) is 21.4 Å². The highest BCUT2D eigenvalue weighted by Crippen LogP contribution is 2.49. The van der Waals surface area contributed by atoms with Gasteiger partial charge in [0.2, 0.25) is 6.54 Å². The molecule has 3 nitrogen and oxygen atoms in total. The first-order chi connectivity index (χ1) is 8.13.